The first-order valence-electron chi connectivity index (χ1n) is 5.20. The van der Waals surface area contributed by atoms with Crippen molar-refractivity contribution in [3.63, 3.8) is 0 Å². The van der Waals surface area contributed by atoms with E-state index in [1.54, 1.807) is 0 Å². The average Bonchev–Trinajstić information content (AvgIpc) is 2.29. The second-order valence-corrected chi connectivity index (χ2v) is 3.85. The normalized spacial score (nSPS) is 12.6. The van der Waals surface area contributed by atoms with Crippen molar-refractivity contribution in [3.8, 4) is 0 Å². The molecule has 2 rings (SSSR count). The molecule has 2 aromatic rings. The van der Waals surface area contributed by atoms with E-state index in [4.69, 9.17) is 11.5 Å². The molecule has 0 aliphatic carbocycles. The SMILES string of the molecule is NC(=O)C(N)Cc1cccc2ccccc12. The van der Waals surface area contributed by atoms with Gasteiger partial charge in [-0.15, -0.1) is 0 Å². The third-order valence-electron chi connectivity index (χ3n) is 2.69. The van der Waals surface area contributed by atoms with Crippen molar-refractivity contribution in [2.24, 2.45) is 11.5 Å². The minimum atomic E-state index is -0.620. The zero-order chi connectivity index (χ0) is 11.5. The van der Waals surface area contributed by atoms with Crippen molar-refractivity contribution in [1.29, 1.82) is 0 Å². The Bertz CT molecular complexity index is 517. The fourth-order valence-electron chi connectivity index (χ4n) is 1.81. The Morgan fingerprint density at radius 3 is 2.56 bits per heavy atom. The monoisotopic (exact) mass is 214 g/mol. The molecule has 3 heteroatoms. The van der Waals surface area contributed by atoms with Crippen LogP contribution in [0.1, 0.15) is 5.56 Å². The molecule has 0 heterocycles. The number of hydrogen-bond acceptors (Lipinski definition) is 2. The summed E-state index contributed by atoms with van der Waals surface area (Å²) in [7, 11) is 0. The molecule has 0 bridgehead atoms. The highest BCUT2D eigenvalue weighted by molar-refractivity contribution is 5.87. The number of primary amides is 1. The number of hydrogen-bond donors (Lipinski definition) is 2. The number of amides is 1. The van der Waals surface area contributed by atoms with E-state index in [9.17, 15) is 4.79 Å². The van der Waals surface area contributed by atoms with Gasteiger partial charge in [0.1, 0.15) is 0 Å². The molecular formula is C13H14N2O. The minimum absolute atomic E-state index is 0.465. The summed E-state index contributed by atoms with van der Waals surface area (Å²) in [6.07, 6.45) is 0.483. The lowest BCUT2D eigenvalue weighted by Crippen LogP contribution is -2.38. The van der Waals surface area contributed by atoms with Crippen molar-refractivity contribution in [3.05, 3.63) is 48.0 Å². The van der Waals surface area contributed by atoms with E-state index in [0.717, 1.165) is 16.3 Å². The van der Waals surface area contributed by atoms with E-state index >= 15 is 0 Å². The molecule has 1 atom stereocenters. The molecule has 0 spiro atoms. The fraction of sp³-hybridized carbons (Fsp3) is 0.154. The third-order valence-corrected chi connectivity index (χ3v) is 2.69. The summed E-state index contributed by atoms with van der Waals surface area (Å²) in [5, 5.41) is 2.28. The molecule has 0 aromatic heterocycles. The predicted octanol–water partition coefficient (Wildman–Crippen LogP) is 1.19. The summed E-state index contributed by atoms with van der Waals surface area (Å²) >= 11 is 0. The highest BCUT2D eigenvalue weighted by atomic mass is 16.1. The van der Waals surface area contributed by atoms with Crippen LogP contribution in [-0.2, 0) is 11.2 Å². The second kappa shape index (κ2) is 4.33. The van der Waals surface area contributed by atoms with Crippen molar-refractivity contribution in [2.75, 3.05) is 0 Å². The summed E-state index contributed by atoms with van der Waals surface area (Å²) in [5.41, 5.74) is 11.9. The molecule has 82 valence electrons. The quantitative estimate of drug-likeness (QED) is 0.805. The van der Waals surface area contributed by atoms with Gasteiger partial charge in [-0.05, 0) is 22.8 Å². The fourth-order valence-corrected chi connectivity index (χ4v) is 1.81. The molecular weight excluding hydrogens is 200 g/mol. The van der Waals surface area contributed by atoms with Crippen molar-refractivity contribution >= 4 is 16.7 Å². The summed E-state index contributed by atoms with van der Waals surface area (Å²) in [5.74, 6) is -0.465. The van der Waals surface area contributed by atoms with Gasteiger partial charge in [-0.25, -0.2) is 0 Å². The van der Waals surface area contributed by atoms with Crippen LogP contribution in [0.2, 0.25) is 0 Å². The molecule has 0 saturated carbocycles. The van der Waals surface area contributed by atoms with Gasteiger partial charge in [0, 0.05) is 0 Å². The Balaban J connectivity index is 2.41. The van der Waals surface area contributed by atoms with Gasteiger partial charge in [0.15, 0.2) is 0 Å². The largest absolute Gasteiger partial charge is 0.368 e. The van der Waals surface area contributed by atoms with Crippen molar-refractivity contribution in [2.45, 2.75) is 12.5 Å². The smallest absolute Gasteiger partial charge is 0.234 e. The molecule has 1 amide bonds. The van der Waals surface area contributed by atoms with Gasteiger partial charge in [-0.2, -0.15) is 0 Å². The maximum Gasteiger partial charge on any atom is 0.234 e. The lowest BCUT2D eigenvalue weighted by Gasteiger charge is -2.10. The third kappa shape index (κ3) is 2.04. The number of carbonyl (C=O) groups excluding carboxylic acids is 1. The second-order valence-electron chi connectivity index (χ2n) is 3.85. The summed E-state index contributed by atoms with van der Waals surface area (Å²) in [6.45, 7) is 0. The highest BCUT2D eigenvalue weighted by Crippen LogP contribution is 2.19. The van der Waals surface area contributed by atoms with Crippen molar-refractivity contribution < 1.29 is 4.79 Å². The Morgan fingerprint density at radius 1 is 1.12 bits per heavy atom. The molecule has 0 fully saturated rings. The molecule has 2 aromatic carbocycles. The number of fused-ring (bicyclic) bond motifs is 1. The molecule has 0 aliphatic rings. The number of benzene rings is 2. The molecule has 1 unspecified atom stereocenters. The minimum Gasteiger partial charge on any atom is -0.368 e. The lowest BCUT2D eigenvalue weighted by atomic mass is 9.99. The first kappa shape index (κ1) is 10.6. The van der Waals surface area contributed by atoms with E-state index in [2.05, 4.69) is 0 Å². The lowest BCUT2D eigenvalue weighted by molar-refractivity contribution is -0.119. The van der Waals surface area contributed by atoms with E-state index in [0.29, 0.717) is 6.42 Å². The van der Waals surface area contributed by atoms with Gasteiger partial charge < -0.3 is 11.5 Å². The first-order chi connectivity index (χ1) is 7.68. The summed E-state index contributed by atoms with van der Waals surface area (Å²) in [4.78, 5) is 10.9. The average molecular weight is 214 g/mol. The predicted molar refractivity (Wildman–Crippen MR) is 64.8 cm³/mol. The van der Waals surface area contributed by atoms with Crippen LogP contribution in [0.5, 0.6) is 0 Å². The summed E-state index contributed by atoms with van der Waals surface area (Å²) in [6, 6.07) is 13.4. The molecule has 4 N–H and O–H groups in total. The van der Waals surface area contributed by atoms with Crippen LogP contribution < -0.4 is 11.5 Å². The van der Waals surface area contributed by atoms with Crippen LogP contribution in [0.3, 0.4) is 0 Å². The van der Waals surface area contributed by atoms with E-state index in [1.165, 1.54) is 0 Å². The number of nitrogens with two attached hydrogens (primary N) is 2. The Labute approximate surface area is 94.0 Å². The zero-order valence-electron chi connectivity index (χ0n) is 8.89. The topological polar surface area (TPSA) is 69.1 Å². The highest BCUT2D eigenvalue weighted by Gasteiger charge is 2.11. The van der Waals surface area contributed by atoms with Gasteiger partial charge in [-0.3, -0.25) is 4.79 Å². The van der Waals surface area contributed by atoms with E-state index in [1.807, 2.05) is 42.5 Å². The van der Waals surface area contributed by atoms with Crippen LogP contribution in [0.4, 0.5) is 0 Å². The Kier molecular flexibility index (Phi) is 2.88. The van der Waals surface area contributed by atoms with Crippen LogP contribution in [-0.4, -0.2) is 11.9 Å². The Hall–Kier alpha value is -1.87. The van der Waals surface area contributed by atoms with Gasteiger partial charge in [0.05, 0.1) is 6.04 Å². The number of rotatable bonds is 3. The zero-order valence-corrected chi connectivity index (χ0v) is 8.89. The molecule has 0 radical (unpaired) electrons. The molecule has 0 aliphatic heterocycles. The van der Waals surface area contributed by atoms with Gasteiger partial charge in [0.2, 0.25) is 5.91 Å². The first-order valence-corrected chi connectivity index (χ1v) is 5.20. The van der Waals surface area contributed by atoms with Crippen LogP contribution >= 0.6 is 0 Å². The maximum atomic E-state index is 10.9. The Morgan fingerprint density at radius 2 is 1.81 bits per heavy atom. The molecule has 0 saturated heterocycles. The molecule has 3 nitrogen and oxygen atoms in total. The van der Waals surface area contributed by atoms with Crippen molar-refractivity contribution in [1.82, 2.24) is 0 Å². The van der Waals surface area contributed by atoms with Crippen LogP contribution in [0.25, 0.3) is 10.8 Å². The van der Waals surface area contributed by atoms with Gasteiger partial charge in [0.25, 0.3) is 0 Å². The summed E-state index contributed by atoms with van der Waals surface area (Å²) < 4.78 is 0. The van der Waals surface area contributed by atoms with E-state index < -0.39 is 11.9 Å². The van der Waals surface area contributed by atoms with E-state index in [-0.39, 0.29) is 0 Å². The standard InChI is InChI=1S/C13H14N2O/c14-12(13(15)16)8-10-6-3-5-9-4-1-2-7-11(9)10/h1-7,12H,8,14H2,(H2,15,16). The molecule has 16 heavy (non-hydrogen) atoms. The number of carbonyl (C=O) groups is 1. The van der Waals surface area contributed by atoms with Crippen LogP contribution in [0.15, 0.2) is 42.5 Å². The van der Waals surface area contributed by atoms with Crippen LogP contribution in [0, 0.1) is 0 Å². The van der Waals surface area contributed by atoms with Gasteiger partial charge in [-0.1, -0.05) is 42.5 Å². The maximum absolute atomic E-state index is 10.9. The van der Waals surface area contributed by atoms with Gasteiger partial charge >= 0.3 is 0 Å².